The monoisotopic (exact) mass is 727 g/mol. The van der Waals surface area contributed by atoms with Gasteiger partial charge in [0.1, 0.15) is 5.54 Å². The van der Waals surface area contributed by atoms with E-state index in [-0.39, 0.29) is 12.5 Å². The molecular weight excluding hydrogens is 693 g/mol. The maximum atomic E-state index is 14.1. The third kappa shape index (κ3) is 6.61. The highest BCUT2D eigenvalue weighted by atomic mass is 35.5. The van der Waals surface area contributed by atoms with Gasteiger partial charge in [-0.25, -0.2) is 9.48 Å². The van der Waals surface area contributed by atoms with Crippen molar-refractivity contribution in [3.8, 4) is 17.2 Å². The van der Waals surface area contributed by atoms with Crippen molar-refractivity contribution in [1.82, 2.24) is 14.7 Å². The van der Waals surface area contributed by atoms with Crippen LogP contribution in [0.3, 0.4) is 0 Å². The van der Waals surface area contributed by atoms with Crippen molar-refractivity contribution >= 4 is 51.9 Å². The summed E-state index contributed by atoms with van der Waals surface area (Å²) in [6, 6.07) is 43.8. The average molecular weight is 729 g/mol. The highest BCUT2D eigenvalue weighted by Gasteiger charge is 2.41. The first kappa shape index (κ1) is 34.8. The number of halogens is 2. The van der Waals surface area contributed by atoms with Crippen molar-refractivity contribution < 1.29 is 14.3 Å². The van der Waals surface area contributed by atoms with Crippen LogP contribution in [0.4, 0.5) is 10.6 Å². The summed E-state index contributed by atoms with van der Waals surface area (Å²) in [5.74, 6) is -0.405. The van der Waals surface area contributed by atoms with Crippen molar-refractivity contribution in [1.29, 1.82) is 5.26 Å². The number of benzene rings is 5. The first-order valence-corrected chi connectivity index (χ1v) is 17.9. The lowest BCUT2D eigenvalue weighted by atomic mass is 9.77. The molecule has 1 N–H and O–H groups in total. The lowest BCUT2D eigenvalue weighted by Crippen LogP contribution is -2.44. The quantitative estimate of drug-likeness (QED) is 0.124. The van der Waals surface area contributed by atoms with Crippen molar-refractivity contribution in [2.24, 2.45) is 5.92 Å². The molecule has 1 fully saturated rings. The molecule has 0 spiro atoms. The molecule has 1 unspecified atom stereocenters. The number of amides is 2. The van der Waals surface area contributed by atoms with Crippen LogP contribution in [0.15, 0.2) is 127 Å². The summed E-state index contributed by atoms with van der Waals surface area (Å²) in [4.78, 5) is 28.4. The number of carbonyl (C=O) groups is 2. The number of alkyl halides is 1. The number of nitrogens with zero attached hydrogens (tertiary/aromatic N) is 4. The van der Waals surface area contributed by atoms with Crippen LogP contribution in [0, 0.1) is 17.2 Å². The van der Waals surface area contributed by atoms with Gasteiger partial charge in [0.2, 0.25) is 5.91 Å². The zero-order chi connectivity index (χ0) is 36.2. The normalized spacial score (nSPS) is 15.1. The smallest absolute Gasteiger partial charge is 0.411 e. The van der Waals surface area contributed by atoms with Gasteiger partial charge in [-0.05, 0) is 72.4 Å². The number of fused-ring (bicyclic) bond motifs is 1. The molecule has 2 atom stereocenters. The molecule has 0 aliphatic carbocycles. The van der Waals surface area contributed by atoms with Crippen LogP contribution in [-0.2, 0) is 15.1 Å². The standard InChI is InChI=1S/C42H35Cl2N5O3/c1-28(43)52-41(51)48-23-11-12-31(27-48)40(50)46-39-36-25-30(35-24-29(26-45)19-21-37(35)44)20-22-38(36)49(47-39)42(32-13-5-2-6-14-32,33-15-7-3-8-16-33)34-17-9-4-10-18-34/h2-10,13-22,24-25,28,31H,11-12,23,27H2,1H3,(H,46,47,50)/t28?,31-/m1/s1. The highest BCUT2D eigenvalue weighted by molar-refractivity contribution is 6.33. The summed E-state index contributed by atoms with van der Waals surface area (Å²) < 4.78 is 7.20. The van der Waals surface area contributed by atoms with Crippen LogP contribution in [0.1, 0.15) is 42.0 Å². The van der Waals surface area contributed by atoms with Crippen LogP contribution in [0.2, 0.25) is 5.02 Å². The molecule has 0 bridgehead atoms. The zero-order valence-electron chi connectivity index (χ0n) is 28.4. The first-order valence-electron chi connectivity index (χ1n) is 17.1. The van der Waals surface area contributed by atoms with Crippen LogP contribution >= 0.6 is 23.2 Å². The van der Waals surface area contributed by atoms with Crippen LogP contribution in [-0.4, -0.2) is 45.3 Å². The number of carbonyl (C=O) groups excluding carboxylic acids is 2. The van der Waals surface area contributed by atoms with Crippen molar-refractivity contribution in [2.45, 2.75) is 30.9 Å². The first-order chi connectivity index (χ1) is 25.3. The highest BCUT2D eigenvalue weighted by Crippen LogP contribution is 2.44. The third-order valence-corrected chi connectivity index (χ3v) is 9.95. The summed E-state index contributed by atoms with van der Waals surface area (Å²) in [7, 11) is 0. The van der Waals surface area contributed by atoms with Gasteiger partial charge in [0.25, 0.3) is 0 Å². The molecular formula is C42H35Cl2N5O3. The van der Waals surface area contributed by atoms with E-state index in [0.717, 1.165) is 27.8 Å². The van der Waals surface area contributed by atoms with E-state index in [1.54, 1.807) is 25.1 Å². The van der Waals surface area contributed by atoms with E-state index >= 15 is 0 Å². The van der Waals surface area contributed by atoms with Crippen LogP contribution in [0.5, 0.6) is 0 Å². The van der Waals surface area contributed by atoms with E-state index in [4.69, 9.17) is 33.0 Å². The van der Waals surface area contributed by atoms with Gasteiger partial charge in [0, 0.05) is 29.1 Å². The second kappa shape index (κ2) is 14.9. The summed E-state index contributed by atoms with van der Waals surface area (Å²) in [6.07, 6.45) is 0.680. The van der Waals surface area contributed by atoms with Crippen LogP contribution in [0.25, 0.3) is 22.0 Å². The van der Waals surface area contributed by atoms with E-state index in [1.165, 1.54) is 4.90 Å². The lowest BCUT2D eigenvalue weighted by Gasteiger charge is -2.37. The third-order valence-electron chi connectivity index (χ3n) is 9.53. The Balaban J connectivity index is 1.44. The summed E-state index contributed by atoms with van der Waals surface area (Å²) in [5.41, 5.74) is 3.84. The Bertz CT molecular complexity index is 2170. The predicted octanol–water partition coefficient (Wildman–Crippen LogP) is 9.44. The minimum Gasteiger partial charge on any atom is -0.430 e. The number of piperidine rings is 1. The molecule has 5 aromatic carbocycles. The van der Waals surface area contributed by atoms with E-state index in [1.807, 2.05) is 77.5 Å². The van der Waals surface area contributed by atoms with Gasteiger partial charge >= 0.3 is 6.09 Å². The second-order valence-corrected chi connectivity index (χ2v) is 13.8. The Morgan fingerprint density at radius 3 is 2.10 bits per heavy atom. The fraction of sp³-hybridized carbons (Fsp3) is 0.190. The predicted molar refractivity (Wildman–Crippen MR) is 204 cm³/mol. The molecule has 1 aliphatic heterocycles. The second-order valence-electron chi connectivity index (χ2n) is 12.8. The van der Waals surface area contributed by atoms with Gasteiger partial charge in [0.15, 0.2) is 11.4 Å². The van der Waals surface area contributed by atoms with Gasteiger partial charge < -0.3 is 15.0 Å². The average Bonchev–Trinajstić information content (AvgIpc) is 3.53. The van der Waals surface area contributed by atoms with Gasteiger partial charge in [0.05, 0.1) is 23.1 Å². The Morgan fingerprint density at radius 1 is 0.904 bits per heavy atom. The molecule has 1 aliphatic rings. The molecule has 260 valence electrons. The molecule has 0 radical (unpaired) electrons. The number of hydrogen-bond donors (Lipinski definition) is 1. The Kier molecular flexibility index (Phi) is 9.99. The van der Waals surface area contributed by atoms with Gasteiger partial charge in [-0.15, -0.1) is 0 Å². The Hall–Kier alpha value is -5.62. The Morgan fingerprint density at radius 2 is 1.52 bits per heavy atom. The zero-order valence-corrected chi connectivity index (χ0v) is 29.9. The number of nitrogens with one attached hydrogen (secondary N) is 1. The summed E-state index contributed by atoms with van der Waals surface area (Å²) in [6.45, 7) is 2.24. The summed E-state index contributed by atoms with van der Waals surface area (Å²) >= 11 is 12.6. The molecule has 7 rings (SSSR count). The summed E-state index contributed by atoms with van der Waals surface area (Å²) in [5, 5.41) is 19.3. The van der Waals surface area contributed by atoms with Crippen molar-refractivity contribution in [3.05, 3.63) is 155 Å². The molecule has 0 saturated carbocycles. The number of rotatable bonds is 8. The molecule has 2 amide bonds. The topological polar surface area (TPSA) is 100 Å². The lowest BCUT2D eigenvalue weighted by molar-refractivity contribution is -0.121. The van der Waals surface area contributed by atoms with E-state index in [2.05, 4.69) is 47.8 Å². The molecule has 52 heavy (non-hydrogen) atoms. The number of nitriles is 1. The van der Waals surface area contributed by atoms with E-state index in [9.17, 15) is 14.9 Å². The number of anilines is 1. The Labute approximate surface area is 312 Å². The molecule has 10 heteroatoms. The maximum absolute atomic E-state index is 14.1. The van der Waals surface area contributed by atoms with Gasteiger partial charge in [-0.3, -0.25) is 4.79 Å². The fourth-order valence-corrected chi connectivity index (χ4v) is 7.45. The minimum absolute atomic E-state index is 0.191. The number of ether oxygens (including phenoxy) is 1. The maximum Gasteiger partial charge on any atom is 0.411 e. The SMILES string of the molecule is CC(Cl)OC(=O)N1CCC[C@@H](C(=O)Nc2nn(C(c3ccccc3)(c3ccccc3)c3ccccc3)c3ccc(-c4cc(C#N)ccc4Cl)cc23)C1. The van der Waals surface area contributed by atoms with Crippen molar-refractivity contribution in [3.63, 3.8) is 0 Å². The van der Waals surface area contributed by atoms with Crippen molar-refractivity contribution in [2.75, 3.05) is 18.4 Å². The molecule has 1 saturated heterocycles. The van der Waals surface area contributed by atoms with Gasteiger partial charge in [-0.2, -0.15) is 10.4 Å². The number of hydrogen-bond acceptors (Lipinski definition) is 5. The van der Waals surface area contributed by atoms with Crippen LogP contribution < -0.4 is 5.32 Å². The minimum atomic E-state index is -0.964. The molecule has 8 nitrogen and oxygen atoms in total. The number of likely N-dealkylation sites (tertiary alicyclic amines) is 1. The number of aromatic nitrogens is 2. The largest absolute Gasteiger partial charge is 0.430 e. The fourth-order valence-electron chi connectivity index (χ4n) is 7.14. The molecule has 6 aromatic rings. The molecule has 1 aromatic heterocycles. The molecule has 2 heterocycles. The van der Waals surface area contributed by atoms with E-state index in [0.29, 0.717) is 46.7 Å². The van der Waals surface area contributed by atoms with E-state index < -0.39 is 23.1 Å². The van der Waals surface area contributed by atoms with Gasteiger partial charge in [-0.1, -0.05) is 120 Å².